The van der Waals surface area contributed by atoms with Crippen LogP contribution in [0.1, 0.15) is 81.3 Å². The number of esters is 1. The molecular formula is C38H54O10Si. The normalized spacial score (nSPS) is 20.7. The monoisotopic (exact) mass is 698 g/mol. The highest BCUT2D eigenvalue weighted by Gasteiger charge is 2.52. The molecule has 0 amide bonds. The summed E-state index contributed by atoms with van der Waals surface area (Å²) in [6.45, 7) is 13.1. The number of carbonyl (C=O) groups excluding carboxylic acids is 2. The van der Waals surface area contributed by atoms with Crippen LogP contribution in [0.2, 0.25) is 18.1 Å². The maximum absolute atomic E-state index is 13.5. The Balaban J connectivity index is 1.53. The average Bonchev–Trinajstić information content (AvgIpc) is 3.36. The smallest absolute Gasteiger partial charge is 0.341 e. The van der Waals surface area contributed by atoms with Crippen molar-refractivity contribution in [2.75, 3.05) is 21.0 Å². The van der Waals surface area contributed by atoms with Gasteiger partial charge in [0.15, 0.2) is 26.7 Å². The van der Waals surface area contributed by atoms with Gasteiger partial charge < -0.3 is 38.0 Å². The topological polar surface area (TPSA) is 119 Å². The highest BCUT2D eigenvalue weighted by Crippen LogP contribution is 2.44. The molecule has 0 aromatic heterocycles. The SMILES string of the molecule is COC(=O)c1c(O)cc(OCOCc2ccccc2)cc1CC(=O)/C=C/[C@H](OC)[C@@H](O[Si](C)(C)C(C)(C)C)[C@H]1OC2(CCCCC2)O[C@@H]1C. The summed E-state index contributed by atoms with van der Waals surface area (Å²) in [5.74, 6) is -1.83. The van der Waals surface area contributed by atoms with Crippen molar-refractivity contribution in [3.05, 3.63) is 71.3 Å². The van der Waals surface area contributed by atoms with E-state index in [9.17, 15) is 14.7 Å². The molecule has 1 aliphatic carbocycles. The van der Waals surface area contributed by atoms with Crippen LogP contribution in [0, 0.1) is 0 Å². The van der Waals surface area contributed by atoms with E-state index in [0.29, 0.717) is 6.61 Å². The second kappa shape index (κ2) is 16.8. The first-order valence-electron chi connectivity index (χ1n) is 17.1. The summed E-state index contributed by atoms with van der Waals surface area (Å²) in [6.07, 6.45) is 6.05. The van der Waals surface area contributed by atoms with Crippen molar-refractivity contribution in [3.63, 3.8) is 0 Å². The molecule has 10 nitrogen and oxygen atoms in total. The van der Waals surface area contributed by atoms with Crippen molar-refractivity contribution in [1.82, 2.24) is 0 Å². The number of carbonyl (C=O) groups is 2. The van der Waals surface area contributed by atoms with Gasteiger partial charge in [0, 0.05) is 32.4 Å². The summed E-state index contributed by atoms with van der Waals surface area (Å²) in [6, 6.07) is 12.5. The molecule has 11 heteroatoms. The minimum atomic E-state index is -2.33. The van der Waals surface area contributed by atoms with Gasteiger partial charge in [-0.25, -0.2) is 4.79 Å². The third kappa shape index (κ3) is 10.0. The molecule has 1 aliphatic heterocycles. The van der Waals surface area contributed by atoms with Crippen LogP contribution in [0.15, 0.2) is 54.6 Å². The molecule has 2 aliphatic rings. The lowest BCUT2D eigenvalue weighted by molar-refractivity contribution is -0.202. The van der Waals surface area contributed by atoms with E-state index in [1.54, 1.807) is 13.2 Å². The molecule has 2 aromatic carbocycles. The lowest BCUT2D eigenvalue weighted by atomic mass is 9.94. The van der Waals surface area contributed by atoms with Crippen LogP contribution < -0.4 is 4.74 Å². The zero-order valence-electron chi connectivity index (χ0n) is 30.3. The van der Waals surface area contributed by atoms with Crippen molar-refractivity contribution in [3.8, 4) is 11.5 Å². The first-order chi connectivity index (χ1) is 23.2. The van der Waals surface area contributed by atoms with Gasteiger partial charge in [0.05, 0.1) is 19.8 Å². The van der Waals surface area contributed by atoms with E-state index >= 15 is 0 Å². The zero-order chi connectivity index (χ0) is 35.8. The molecular weight excluding hydrogens is 644 g/mol. The largest absolute Gasteiger partial charge is 0.507 e. The van der Waals surface area contributed by atoms with Crippen LogP contribution in [0.4, 0.5) is 0 Å². The first kappa shape index (κ1) is 38.7. The van der Waals surface area contributed by atoms with Crippen LogP contribution >= 0.6 is 0 Å². The van der Waals surface area contributed by atoms with Gasteiger partial charge in [-0.2, -0.15) is 0 Å². The van der Waals surface area contributed by atoms with Gasteiger partial charge in [-0.15, -0.1) is 0 Å². The molecule has 1 heterocycles. The number of phenols is 1. The predicted octanol–water partition coefficient (Wildman–Crippen LogP) is 7.27. The Morgan fingerprint density at radius 1 is 1.06 bits per heavy atom. The number of benzene rings is 2. The highest BCUT2D eigenvalue weighted by atomic mass is 28.4. The van der Waals surface area contributed by atoms with Gasteiger partial charge in [-0.05, 0) is 67.2 Å². The zero-order valence-corrected chi connectivity index (χ0v) is 31.3. The molecule has 1 saturated heterocycles. The van der Waals surface area contributed by atoms with E-state index in [0.717, 1.165) is 37.7 Å². The Morgan fingerprint density at radius 2 is 1.76 bits per heavy atom. The summed E-state index contributed by atoms with van der Waals surface area (Å²) >= 11 is 0. The molecule has 4 rings (SSSR count). The van der Waals surface area contributed by atoms with E-state index in [2.05, 4.69) is 33.9 Å². The van der Waals surface area contributed by atoms with Crippen molar-refractivity contribution < 1.29 is 47.5 Å². The van der Waals surface area contributed by atoms with E-state index in [1.807, 2.05) is 37.3 Å². The molecule has 2 aromatic rings. The van der Waals surface area contributed by atoms with Crippen LogP contribution in [0.5, 0.6) is 11.5 Å². The van der Waals surface area contributed by atoms with Crippen LogP contribution in [0.3, 0.4) is 0 Å². The second-order valence-corrected chi connectivity index (χ2v) is 19.2. The Morgan fingerprint density at radius 3 is 2.39 bits per heavy atom. The lowest BCUT2D eigenvalue weighted by Crippen LogP contribution is -2.53. The van der Waals surface area contributed by atoms with Crippen molar-refractivity contribution >= 4 is 20.1 Å². The number of allylic oxidation sites excluding steroid dienone is 1. The minimum absolute atomic E-state index is 0.0831. The minimum Gasteiger partial charge on any atom is -0.507 e. The fraction of sp³-hybridized carbons (Fsp3) is 0.579. The summed E-state index contributed by atoms with van der Waals surface area (Å²) in [5, 5.41) is 10.7. The second-order valence-electron chi connectivity index (χ2n) is 14.5. The van der Waals surface area contributed by atoms with Gasteiger partial charge in [0.1, 0.15) is 35.4 Å². The number of rotatable bonds is 15. The fourth-order valence-corrected chi connectivity index (χ4v) is 7.41. The molecule has 1 N–H and O–H groups in total. The molecule has 0 unspecified atom stereocenters. The molecule has 49 heavy (non-hydrogen) atoms. The maximum atomic E-state index is 13.5. The molecule has 4 atom stereocenters. The molecule has 270 valence electrons. The lowest BCUT2D eigenvalue weighted by Gasteiger charge is -2.43. The van der Waals surface area contributed by atoms with Gasteiger partial charge in [0.25, 0.3) is 0 Å². The van der Waals surface area contributed by atoms with E-state index in [1.165, 1.54) is 25.3 Å². The predicted molar refractivity (Wildman–Crippen MR) is 188 cm³/mol. The molecule has 2 fully saturated rings. The number of hydrogen-bond acceptors (Lipinski definition) is 10. The van der Waals surface area contributed by atoms with Crippen molar-refractivity contribution in [2.45, 2.75) is 121 Å². The summed E-state index contributed by atoms with van der Waals surface area (Å²) in [4.78, 5) is 26.2. The maximum Gasteiger partial charge on any atom is 0.341 e. The van der Waals surface area contributed by atoms with Crippen LogP contribution in [-0.2, 0) is 45.9 Å². The van der Waals surface area contributed by atoms with Crippen molar-refractivity contribution in [1.29, 1.82) is 0 Å². The molecule has 0 radical (unpaired) electrons. The molecule has 0 bridgehead atoms. The van der Waals surface area contributed by atoms with Gasteiger partial charge in [-0.3, -0.25) is 4.79 Å². The number of ketones is 1. The number of phenolic OH excluding ortho intramolecular Hbond substituents is 1. The van der Waals surface area contributed by atoms with Crippen LogP contribution in [-0.4, -0.2) is 76.4 Å². The molecule has 1 spiro atoms. The standard InChI is InChI=1S/C38H54O10Si/c1-26-34(47-38(46-26)19-13-10-14-20-38)35(48-49(7,8)37(2,3)4)32(42-5)18-17-29(39)21-28-22-30(23-31(40)33(28)36(41)43-6)45-25-44-24-27-15-11-9-12-16-27/h9,11-12,15-18,22-23,26,32,34-35,40H,10,13-14,19-21,24-25H2,1-8H3/b18-17+/t26-,32+,34+,35-/m1/s1. The summed E-state index contributed by atoms with van der Waals surface area (Å²) < 4.78 is 42.4. The summed E-state index contributed by atoms with van der Waals surface area (Å²) in [5.41, 5.74) is 1.13. The number of hydrogen-bond donors (Lipinski definition) is 1. The van der Waals surface area contributed by atoms with Crippen molar-refractivity contribution in [2.24, 2.45) is 0 Å². The van der Waals surface area contributed by atoms with E-state index < -0.39 is 38.4 Å². The Labute approximate surface area is 292 Å². The third-order valence-electron chi connectivity index (χ3n) is 9.81. The number of aromatic hydroxyl groups is 1. The third-order valence-corrected chi connectivity index (χ3v) is 14.3. The molecule has 1 saturated carbocycles. The Bertz CT molecular complexity index is 1430. The number of ether oxygens (including phenoxy) is 6. The first-order valence-corrected chi connectivity index (χ1v) is 20.1. The van der Waals surface area contributed by atoms with Gasteiger partial charge >= 0.3 is 5.97 Å². The quantitative estimate of drug-likeness (QED) is 0.0669. The Hall–Kier alpha value is -3.06. The van der Waals surface area contributed by atoms with Gasteiger partial charge in [0.2, 0.25) is 0 Å². The highest BCUT2D eigenvalue weighted by molar-refractivity contribution is 6.74. The number of methoxy groups -OCH3 is 2. The average molecular weight is 699 g/mol. The van der Waals surface area contributed by atoms with E-state index in [4.69, 9.17) is 32.8 Å². The fourth-order valence-electron chi connectivity index (χ4n) is 6.11. The Kier molecular flexibility index (Phi) is 13.3. The van der Waals surface area contributed by atoms with E-state index in [-0.39, 0.29) is 52.8 Å². The van der Waals surface area contributed by atoms with Crippen LogP contribution in [0.25, 0.3) is 0 Å². The summed E-state index contributed by atoms with van der Waals surface area (Å²) in [7, 11) is 0.476. The van der Waals surface area contributed by atoms with Gasteiger partial charge in [-0.1, -0.05) is 57.5 Å².